The fourth-order valence-corrected chi connectivity index (χ4v) is 1.91. The number of hydrogen-bond donors (Lipinski definition) is 1. The molecule has 0 saturated carbocycles. The predicted molar refractivity (Wildman–Crippen MR) is 74.3 cm³/mol. The summed E-state index contributed by atoms with van der Waals surface area (Å²) in [5.74, 6) is 0.944. The van der Waals surface area contributed by atoms with Crippen LogP contribution in [0.5, 0.6) is 11.5 Å². The third-order valence-corrected chi connectivity index (χ3v) is 2.90. The van der Waals surface area contributed by atoms with E-state index < -0.39 is 11.7 Å². The van der Waals surface area contributed by atoms with Crippen LogP contribution in [0.3, 0.4) is 0 Å². The average molecular weight is 297 g/mol. The highest BCUT2D eigenvalue weighted by Crippen LogP contribution is 2.37. The molecule has 0 unspecified atom stereocenters. The quantitative estimate of drug-likeness (QED) is 0.903. The second-order valence-corrected chi connectivity index (χ2v) is 4.24. The highest BCUT2D eigenvalue weighted by atomic mass is 19.4. The standard InChI is InChI=1S/C15H14F3NO2/c1-20-13-8-7-10(9-14(13)21-2)19-12-6-4-3-5-11(12)15(16,17)18/h3-9,19H,1-2H3. The van der Waals surface area contributed by atoms with Crippen molar-refractivity contribution in [1.82, 2.24) is 0 Å². The number of methoxy groups -OCH3 is 2. The van der Waals surface area contributed by atoms with Crippen molar-refractivity contribution in [2.24, 2.45) is 0 Å². The van der Waals surface area contributed by atoms with Crippen LogP contribution in [0.2, 0.25) is 0 Å². The lowest BCUT2D eigenvalue weighted by atomic mass is 10.1. The Labute approximate surface area is 120 Å². The van der Waals surface area contributed by atoms with E-state index in [-0.39, 0.29) is 5.69 Å². The van der Waals surface area contributed by atoms with Gasteiger partial charge < -0.3 is 14.8 Å². The zero-order valence-corrected chi connectivity index (χ0v) is 11.5. The minimum atomic E-state index is -4.42. The van der Waals surface area contributed by atoms with E-state index in [4.69, 9.17) is 9.47 Å². The second-order valence-electron chi connectivity index (χ2n) is 4.24. The maximum atomic E-state index is 12.9. The second kappa shape index (κ2) is 5.95. The molecule has 6 heteroatoms. The molecule has 0 atom stereocenters. The smallest absolute Gasteiger partial charge is 0.418 e. The summed E-state index contributed by atoms with van der Waals surface area (Å²) in [6.07, 6.45) is -4.42. The van der Waals surface area contributed by atoms with Crippen molar-refractivity contribution in [3.8, 4) is 11.5 Å². The first-order chi connectivity index (χ1) is 9.95. The maximum absolute atomic E-state index is 12.9. The topological polar surface area (TPSA) is 30.5 Å². The molecule has 0 aliphatic heterocycles. The fraction of sp³-hybridized carbons (Fsp3) is 0.200. The molecule has 0 aliphatic rings. The van der Waals surface area contributed by atoms with Gasteiger partial charge in [0.1, 0.15) is 0 Å². The Morgan fingerprint density at radius 2 is 1.57 bits per heavy atom. The van der Waals surface area contributed by atoms with E-state index in [0.29, 0.717) is 17.2 Å². The van der Waals surface area contributed by atoms with Crippen molar-refractivity contribution < 1.29 is 22.6 Å². The van der Waals surface area contributed by atoms with Crippen LogP contribution in [0.1, 0.15) is 5.56 Å². The monoisotopic (exact) mass is 297 g/mol. The third kappa shape index (κ3) is 3.39. The zero-order chi connectivity index (χ0) is 15.5. The summed E-state index contributed by atoms with van der Waals surface area (Å²) in [5, 5.41) is 2.75. The van der Waals surface area contributed by atoms with Crippen LogP contribution in [0.15, 0.2) is 42.5 Å². The molecule has 2 rings (SSSR count). The van der Waals surface area contributed by atoms with Crippen LogP contribution in [0.25, 0.3) is 0 Å². The number of ether oxygens (including phenoxy) is 2. The first kappa shape index (κ1) is 15.0. The molecule has 1 N–H and O–H groups in total. The van der Waals surface area contributed by atoms with Gasteiger partial charge in [0.15, 0.2) is 11.5 Å². The molecule has 2 aromatic carbocycles. The molecule has 0 spiro atoms. The summed E-state index contributed by atoms with van der Waals surface area (Å²) < 4.78 is 49.0. The molecule has 2 aromatic rings. The summed E-state index contributed by atoms with van der Waals surface area (Å²) in [5.41, 5.74) is -0.263. The summed E-state index contributed by atoms with van der Waals surface area (Å²) in [4.78, 5) is 0. The van der Waals surface area contributed by atoms with E-state index in [1.165, 1.54) is 26.4 Å². The van der Waals surface area contributed by atoms with E-state index >= 15 is 0 Å². The molecule has 0 saturated heterocycles. The molecular weight excluding hydrogens is 283 g/mol. The molecule has 0 fully saturated rings. The number of hydrogen-bond acceptors (Lipinski definition) is 3. The normalized spacial score (nSPS) is 11.1. The van der Waals surface area contributed by atoms with Crippen molar-refractivity contribution in [2.75, 3.05) is 19.5 Å². The zero-order valence-electron chi connectivity index (χ0n) is 11.5. The number of anilines is 2. The van der Waals surface area contributed by atoms with Crippen LogP contribution >= 0.6 is 0 Å². The van der Waals surface area contributed by atoms with Gasteiger partial charge in [0.05, 0.1) is 25.5 Å². The van der Waals surface area contributed by atoms with Crippen LogP contribution < -0.4 is 14.8 Å². The highest BCUT2D eigenvalue weighted by molar-refractivity contribution is 5.66. The molecule has 0 amide bonds. The van der Waals surface area contributed by atoms with Gasteiger partial charge >= 0.3 is 6.18 Å². The molecule has 112 valence electrons. The van der Waals surface area contributed by atoms with Gasteiger partial charge in [0.2, 0.25) is 0 Å². The molecule has 0 heterocycles. The number of nitrogens with one attached hydrogen (secondary N) is 1. The highest BCUT2D eigenvalue weighted by Gasteiger charge is 2.33. The van der Waals surface area contributed by atoms with Gasteiger partial charge in [0, 0.05) is 11.8 Å². The Morgan fingerprint density at radius 3 is 2.19 bits per heavy atom. The van der Waals surface area contributed by atoms with Gasteiger partial charge in [-0.3, -0.25) is 0 Å². The minimum Gasteiger partial charge on any atom is -0.493 e. The van der Waals surface area contributed by atoms with Crippen molar-refractivity contribution in [3.05, 3.63) is 48.0 Å². The van der Waals surface area contributed by atoms with Crippen molar-refractivity contribution in [3.63, 3.8) is 0 Å². The van der Waals surface area contributed by atoms with Crippen LogP contribution in [0.4, 0.5) is 24.5 Å². The summed E-state index contributed by atoms with van der Waals surface area (Å²) >= 11 is 0. The van der Waals surface area contributed by atoms with E-state index in [1.807, 2.05) is 0 Å². The van der Waals surface area contributed by atoms with E-state index in [0.717, 1.165) is 6.07 Å². The summed E-state index contributed by atoms with van der Waals surface area (Å²) in [6.45, 7) is 0. The predicted octanol–water partition coefficient (Wildman–Crippen LogP) is 4.47. The van der Waals surface area contributed by atoms with Crippen LogP contribution in [0, 0.1) is 0 Å². The van der Waals surface area contributed by atoms with Gasteiger partial charge in [-0.1, -0.05) is 12.1 Å². The van der Waals surface area contributed by atoms with Gasteiger partial charge in [-0.15, -0.1) is 0 Å². The Bertz CT molecular complexity index is 627. The largest absolute Gasteiger partial charge is 0.493 e. The number of para-hydroxylation sites is 1. The molecule has 21 heavy (non-hydrogen) atoms. The minimum absolute atomic E-state index is 0.0165. The fourth-order valence-electron chi connectivity index (χ4n) is 1.91. The number of alkyl halides is 3. The molecule has 0 bridgehead atoms. The number of benzene rings is 2. The molecule has 0 aliphatic carbocycles. The van der Waals surface area contributed by atoms with Crippen LogP contribution in [-0.2, 0) is 6.18 Å². The lowest BCUT2D eigenvalue weighted by Gasteiger charge is -2.15. The van der Waals surface area contributed by atoms with E-state index in [1.54, 1.807) is 24.3 Å². The SMILES string of the molecule is COc1ccc(Nc2ccccc2C(F)(F)F)cc1OC. The Hall–Kier alpha value is -2.37. The Kier molecular flexibility index (Phi) is 4.26. The Balaban J connectivity index is 2.35. The molecule has 0 radical (unpaired) electrons. The molecular formula is C15H14F3NO2. The van der Waals surface area contributed by atoms with Gasteiger partial charge in [-0.05, 0) is 24.3 Å². The summed E-state index contributed by atoms with van der Waals surface area (Å²) in [7, 11) is 2.95. The van der Waals surface area contributed by atoms with E-state index in [9.17, 15) is 13.2 Å². The van der Waals surface area contributed by atoms with Crippen LogP contribution in [-0.4, -0.2) is 14.2 Å². The first-order valence-electron chi connectivity index (χ1n) is 6.11. The van der Waals surface area contributed by atoms with Gasteiger partial charge in [0.25, 0.3) is 0 Å². The molecule has 0 aromatic heterocycles. The van der Waals surface area contributed by atoms with Crippen molar-refractivity contribution in [2.45, 2.75) is 6.18 Å². The van der Waals surface area contributed by atoms with Gasteiger partial charge in [-0.25, -0.2) is 0 Å². The Morgan fingerprint density at radius 1 is 0.905 bits per heavy atom. The molecule has 3 nitrogen and oxygen atoms in total. The lowest BCUT2D eigenvalue weighted by molar-refractivity contribution is -0.136. The van der Waals surface area contributed by atoms with Gasteiger partial charge in [-0.2, -0.15) is 13.2 Å². The number of rotatable bonds is 4. The van der Waals surface area contributed by atoms with Crippen molar-refractivity contribution >= 4 is 11.4 Å². The average Bonchev–Trinajstić information content (AvgIpc) is 2.46. The first-order valence-corrected chi connectivity index (χ1v) is 6.11. The summed E-state index contributed by atoms with van der Waals surface area (Å²) in [6, 6.07) is 10.1. The third-order valence-electron chi connectivity index (χ3n) is 2.90. The van der Waals surface area contributed by atoms with Crippen molar-refractivity contribution in [1.29, 1.82) is 0 Å². The lowest BCUT2D eigenvalue weighted by Crippen LogP contribution is -2.08. The number of halogens is 3. The maximum Gasteiger partial charge on any atom is 0.418 e. The van der Waals surface area contributed by atoms with E-state index in [2.05, 4.69) is 5.32 Å².